The van der Waals surface area contributed by atoms with Crippen LogP contribution in [-0.2, 0) is 14.3 Å². The van der Waals surface area contributed by atoms with E-state index in [0.29, 0.717) is 23.9 Å². The van der Waals surface area contributed by atoms with Gasteiger partial charge in [-0.15, -0.1) is 0 Å². The molecule has 0 radical (unpaired) electrons. The van der Waals surface area contributed by atoms with Crippen LogP contribution in [0.15, 0.2) is 18.2 Å². The number of esters is 1. The molecule has 6 heteroatoms. The molecule has 0 aromatic heterocycles. The number of amides is 1. The van der Waals surface area contributed by atoms with E-state index in [1.54, 1.807) is 13.0 Å². The lowest BCUT2D eigenvalue weighted by Gasteiger charge is -2.30. The Hall–Kier alpha value is -1.59. The molecule has 1 amide bonds. The Morgan fingerprint density at radius 3 is 2.91 bits per heavy atom. The molecule has 0 saturated carbocycles. The second-order valence-corrected chi connectivity index (χ2v) is 6.26. The molecule has 0 aliphatic carbocycles. The number of anilines is 1. The van der Waals surface area contributed by atoms with Crippen molar-refractivity contribution in [3.8, 4) is 0 Å². The molecule has 23 heavy (non-hydrogen) atoms. The van der Waals surface area contributed by atoms with Crippen molar-refractivity contribution in [2.24, 2.45) is 5.92 Å². The number of piperidine rings is 1. The largest absolute Gasteiger partial charge is 0.466 e. The molecular weight excluding hydrogens is 316 g/mol. The lowest BCUT2D eigenvalue weighted by molar-refractivity contribution is -0.150. The average molecular weight is 339 g/mol. The van der Waals surface area contributed by atoms with Gasteiger partial charge >= 0.3 is 5.97 Å². The summed E-state index contributed by atoms with van der Waals surface area (Å²) >= 11 is 6.13. The third-order valence-electron chi connectivity index (χ3n) is 3.89. The number of ether oxygens (including phenoxy) is 1. The van der Waals surface area contributed by atoms with E-state index in [0.717, 1.165) is 24.9 Å². The fourth-order valence-corrected chi connectivity index (χ4v) is 3.05. The fourth-order valence-electron chi connectivity index (χ4n) is 2.77. The van der Waals surface area contributed by atoms with Gasteiger partial charge in [0, 0.05) is 6.54 Å². The molecule has 1 saturated heterocycles. The molecular formula is C17H23ClN2O3. The Morgan fingerprint density at radius 1 is 1.43 bits per heavy atom. The molecule has 1 atom stereocenters. The van der Waals surface area contributed by atoms with Crippen LogP contribution < -0.4 is 5.32 Å². The minimum Gasteiger partial charge on any atom is -0.466 e. The molecule has 2 rings (SSSR count). The van der Waals surface area contributed by atoms with Crippen LogP contribution in [0.25, 0.3) is 0 Å². The first-order valence-corrected chi connectivity index (χ1v) is 8.32. The van der Waals surface area contributed by atoms with Crippen molar-refractivity contribution in [3.63, 3.8) is 0 Å². The summed E-state index contributed by atoms with van der Waals surface area (Å²) in [5, 5.41) is 3.35. The van der Waals surface area contributed by atoms with Gasteiger partial charge in [-0.2, -0.15) is 0 Å². The number of nitrogens with zero attached hydrogens (tertiary/aromatic N) is 1. The summed E-state index contributed by atoms with van der Waals surface area (Å²) in [4.78, 5) is 26.0. The van der Waals surface area contributed by atoms with Gasteiger partial charge in [0.25, 0.3) is 0 Å². The Labute approximate surface area is 141 Å². The highest BCUT2D eigenvalue weighted by Crippen LogP contribution is 2.23. The third kappa shape index (κ3) is 5.22. The maximum atomic E-state index is 12.2. The summed E-state index contributed by atoms with van der Waals surface area (Å²) in [6, 6.07) is 5.52. The van der Waals surface area contributed by atoms with Crippen molar-refractivity contribution in [3.05, 3.63) is 28.8 Å². The van der Waals surface area contributed by atoms with Crippen LogP contribution in [0.5, 0.6) is 0 Å². The number of rotatable bonds is 5. The van der Waals surface area contributed by atoms with E-state index in [1.807, 2.05) is 24.0 Å². The van der Waals surface area contributed by atoms with Crippen LogP contribution >= 0.6 is 11.6 Å². The van der Waals surface area contributed by atoms with Crippen molar-refractivity contribution in [1.82, 2.24) is 4.90 Å². The predicted molar refractivity (Wildman–Crippen MR) is 90.6 cm³/mol. The van der Waals surface area contributed by atoms with Gasteiger partial charge in [0.15, 0.2) is 0 Å². The number of benzene rings is 1. The van der Waals surface area contributed by atoms with Gasteiger partial charge < -0.3 is 10.1 Å². The van der Waals surface area contributed by atoms with Gasteiger partial charge in [0.05, 0.1) is 29.8 Å². The molecule has 1 aromatic rings. The quantitative estimate of drug-likeness (QED) is 0.839. The number of hydrogen-bond donors (Lipinski definition) is 1. The number of carbonyl (C=O) groups excluding carboxylic acids is 2. The number of halogens is 1. The normalized spacial score (nSPS) is 18.5. The van der Waals surface area contributed by atoms with E-state index in [1.165, 1.54) is 0 Å². The smallest absolute Gasteiger partial charge is 0.310 e. The highest BCUT2D eigenvalue weighted by molar-refractivity contribution is 6.33. The second kappa shape index (κ2) is 8.31. The van der Waals surface area contributed by atoms with Crippen LogP contribution in [0.2, 0.25) is 5.02 Å². The Balaban J connectivity index is 1.88. The number of likely N-dealkylation sites (tertiary alicyclic amines) is 1. The summed E-state index contributed by atoms with van der Waals surface area (Å²) in [5.41, 5.74) is 1.66. The molecule has 0 bridgehead atoms. The van der Waals surface area contributed by atoms with E-state index >= 15 is 0 Å². The summed E-state index contributed by atoms with van der Waals surface area (Å²) in [6.45, 7) is 5.76. The van der Waals surface area contributed by atoms with Gasteiger partial charge in [-0.25, -0.2) is 0 Å². The molecule has 126 valence electrons. The highest BCUT2D eigenvalue weighted by atomic mass is 35.5. The summed E-state index contributed by atoms with van der Waals surface area (Å²) < 4.78 is 5.07. The number of hydrogen-bond acceptors (Lipinski definition) is 4. The zero-order chi connectivity index (χ0) is 16.8. The van der Waals surface area contributed by atoms with Crippen molar-refractivity contribution in [1.29, 1.82) is 0 Å². The van der Waals surface area contributed by atoms with Crippen molar-refractivity contribution in [2.75, 3.05) is 31.6 Å². The van der Waals surface area contributed by atoms with Crippen LogP contribution in [-0.4, -0.2) is 43.0 Å². The number of carbonyl (C=O) groups is 2. The topological polar surface area (TPSA) is 58.6 Å². The number of nitrogens with one attached hydrogen (secondary N) is 1. The lowest BCUT2D eigenvalue weighted by atomic mass is 9.98. The molecule has 1 aliphatic rings. The molecule has 1 fully saturated rings. The minimum atomic E-state index is -0.167. The second-order valence-electron chi connectivity index (χ2n) is 5.86. The molecule has 0 spiro atoms. The zero-order valence-corrected chi connectivity index (χ0v) is 14.4. The van der Waals surface area contributed by atoms with Gasteiger partial charge in [-0.1, -0.05) is 17.7 Å². The standard InChI is InChI=1S/C17H23ClN2O3/c1-3-23-17(22)13-5-4-8-20(10-13)11-16(21)19-15-7-6-12(2)9-14(15)18/h6-7,9,13H,3-5,8,10-11H2,1-2H3,(H,19,21)/t13-/m0/s1. The van der Waals surface area contributed by atoms with Crippen molar-refractivity contribution in [2.45, 2.75) is 26.7 Å². The molecule has 1 aromatic carbocycles. The molecule has 0 unspecified atom stereocenters. The third-order valence-corrected chi connectivity index (χ3v) is 4.20. The maximum Gasteiger partial charge on any atom is 0.310 e. The van der Waals surface area contributed by atoms with E-state index in [-0.39, 0.29) is 24.3 Å². The zero-order valence-electron chi connectivity index (χ0n) is 13.6. The monoisotopic (exact) mass is 338 g/mol. The molecule has 5 nitrogen and oxygen atoms in total. The van der Waals surface area contributed by atoms with Crippen LogP contribution in [0.4, 0.5) is 5.69 Å². The first kappa shape index (κ1) is 17.8. The first-order chi connectivity index (χ1) is 11.0. The summed E-state index contributed by atoms with van der Waals surface area (Å²) in [6.07, 6.45) is 1.71. The fraction of sp³-hybridized carbons (Fsp3) is 0.529. The Kier molecular flexibility index (Phi) is 6.42. The lowest BCUT2D eigenvalue weighted by Crippen LogP contribution is -2.43. The average Bonchev–Trinajstić information content (AvgIpc) is 2.50. The SMILES string of the molecule is CCOC(=O)[C@H]1CCCN(CC(=O)Nc2ccc(C)cc2Cl)C1. The molecule has 1 heterocycles. The van der Waals surface area contributed by atoms with Gasteiger partial charge in [0.2, 0.25) is 5.91 Å². The molecule has 1 aliphatic heterocycles. The van der Waals surface area contributed by atoms with Crippen molar-refractivity contribution < 1.29 is 14.3 Å². The molecule has 1 N–H and O–H groups in total. The first-order valence-electron chi connectivity index (χ1n) is 7.94. The van der Waals surface area contributed by atoms with Gasteiger partial charge in [-0.05, 0) is 50.9 Å². The van der Waals surface area contributed by atoms with Gasteiger partial charge in [-0.3, -0.25) is 14.5 Å². The van der Waals surface area contributed by atoms with Crippen LogP contribution in [0.3, 0.4) is 0 Å². The Bertz CT molecular complexity index is 577. The summed E-state index contributed by atoms with van der Waals surface area (Å²) in [5.74, 6) is -0.432. The van der Waals surface area contributed by atoms with E-state index < -0.39 is 0 Å². The summed E-state index contributed by atoms with van der Waals surface area (Å²) in [7, 11) is 0. The minimum absolute atomic E-state index is 0.125. The van der Waals surface area contributed by atoms with Crippen molar-refractivity contribution >= 4 is 29.2 Å². The number of aryl methyl sites for hydroxylation is 1. The van der Waals surface area contributed by atoms with E-state index in [2.05, 4.69) is 5.32 Å². The van der Waals surface area contributed by atoms with Crippen LogP contribution in [0.1, 0.15) is 25.3 Å². The Morgan fingerprint density at radius 2 is 2.22 bits per heavy atom. The maximum absolute atomic E-state index is 12.2. The highest BCUT2D eigenvalue weighted by Gasteiger charge is 2.27. The van der Waals surface area contributed by atoms with E-state index in [9.17, 15) is 9.59 Å². The van der Waals surface area contributed by atoms with Gasteiger partial charge in [0.1, 0.15) is 0 Å². The van der Waals surface area contributed by atoms with Crippen LogP contribution in [0, 0.1) is 12.8 Å². The predicted octanol–water partition coefficient (Wildman–Crippen LogP) is 2.86. The van der Waals surface area contributed by atoms with E-state index in [4.69, 9.17) is 16.3 Å².